The van der Waals surface area contributed by atoms with E-state index in [1.54, 1.807) is 75.8 Å². The van der Waals surface area contributed by atoms with Crippen molar-refractivity contribution in [1.29, 1.82) is 0 Å². The van der Waals surface area contributed by atoms with E-state index in [4.69, 9.17) is 73.0 Å². The van der Waals surface area contributed by atoms with Crippen LogP contribution in [0.2, 0.25) is 0 Å². The molecule has 6 aromatic rings. The highest BCUT2D eigenvalue weighted by Crippen LogP contribution is 2.17. The maximum Gasteiger partial charge on any atom is 0.340 e. The van der Waals surface area contributed by atoms with Crippen molar-refractivity contribution in [3.05, 3.63) is 107 Å². The van der Waals surface area contributed by atoms with E-state index in [9.17, 15) is 24.0 Å². The fourth-order valence-corrected chi connectivity index (χ4v) is 4.37. The Balaban J connectivity index is 0.000000756. The van der Waals surface area contributed by atoms with Gasteiger partial charge in [-0.25, -0.2) is 39.5 Å². The summed E-state index contributed by atoms with van der Waals surface area (Å²) in [5.41, 5.74) is 4.78. The maximum absolute atomic E-state index is 11.8. The van der Waals surface area contributed by atoms with Gasteiger partial charge in [0.15, 0.2) is 16.9 Å². The number of ether oxygens (including phenoxy) is 1. The average Bonchev–Trinajstić information content (AvgIpc) is 3.23. The number of pyridine rings is 6. The van der Waals surface area contributed by atoms with E-state index in [-0.39, 0.29) is 22.2 Å². The van der Waals surface area contributed by atoms with Crippen molar-refractivity contribution in [2.75, 3.05) is 23.9 Å². The van der Waals surface area contributed by atoms with Crippen molar-refractivity contribution in [1.82, 2.24) is 29.9 Å². The van der Waals surface area contributed by atoms with E-state index >= 15 is 0 Å². The molecule has 6 heterocycles. The number of nitrogens with zero attached hydrogens (tertiary/aromatic N) is 6. The van der Waals surface area contributed by atoms with Gasteiger partial charge >= 0.3 is 22.4 Å². The number of hydrogen-bond acceptors (Lipinski definition) is 13. The number of carboxylic acid groups (broad SMARTS) is 1. The van der Waals surface area contributed by atoms with Crippen molar-refractivity contribution in [2.24, 2.45) is 0 Å². The van der Waals surface area contributed by atoms with Gasteiger partial charge in [0.05, 0.1) is 51.1 Å². The number of aryl methyl sites for hydroxylation is 3. The molecule has 0 saturated heterocycles. The van der Waals surface area contributed by atoms with Crippen LogP contribution < -0.4 is 0 Å². The Morgan fingerprint density at radius 1 is 0.590 bits per heavy atom. The fraction of sp³-hybridized carbons (Fsp3) is 0.275. The van der Waals surface area contributed by atoms with E-state index in [2.05, 4.69) is 53.1 Å². The minimum atomic E-state index is -1.14. The zero-order valence-electron chi connectivity index (χ0n) is 33.3. The molecule has 21 heteroatoms. The molecule has 6 aromatic heterocycles. The number of aliphatic hydroxyl groups is 1. The highest BCUT2D eigenvalue weighted by Gasteiger charge is 2.13. The van der Waals surface area contributed by atoms with Crippen LogP contribution in [0.1, 0.15) is 74.8 Å². The molecule has 328 valence electrons. The van der Waals surface area contributed by atoms with Gasteiger partial charge in [0.1, 0.15) is 0 Å². The zero-order valence-corrected chi connectivity index (χ0v) is 38.6. The number of alkyl halides is 4. The zero-order chi connectivity index (χ0) is 46.5. The lowest BCUT2D eigenvalue weighted by Crippen LogP contribution is -2.09. The number of hydrogen-bond donors (Lipinski definition) is 2. The first-order valence-electron chi connectivity index (χ1n) is 17.5. The summed E-state index contributed by atoms with van der Waals surface area (Å²) in [6.45, 7) is 9.84. The molecule has 0 radical (unpaired) electrons. The molecule has 61 heavy (non-hydrogen) atoms. The van der Waals surface area contributed by atoms with Crippen LogP contribution in [0.15, 0.2) is 73.2 Å². The Bertz CT molecular complexity index is 2230. The first-order chi connectivity index (χ1) is 29.0. The normalized spacial score (nSPS) is 9.52. The van der Waals surface area contributed by atoms with Gasteiger partial charge in [0.2, 0.25) is 0 Å². The number of rotatable bonds is 7. The molecule has 14 nitrogen and oxygen atoms in total. The molecule has 0 aromatic carbocycles. The van der Waals surface area contributed by atoms with Crippen LogP contribution in [-0.4, -0.2) is 91.7 Å². The third-order valence-corrected chi connectivity index (χ3v) is 7.46. The number of aromatic carboxylic acids is 1. The summed E-state index contributed by atoms with van der Waals surface area (Å²) in [4.78, 5) is 77.3. The smallest absolute Gasteiger partial charge is 0.340 e. The summed E-state index contributed by atoms with van der Waals surface area (Å²) in [7, 11) is 0. The van der Waals surface area contributed by atoms with Crippen LogP contribution in [0, 0.1) is 20.8 Å². The van der Waals surface area contributed by atoms with Gasteiger partial charge in [-0.15, -0.1) is 46.4 Å². The minimum absolute atomic E-state index is 0.194. The maximum atomic E-state index is 11.8. The minimum Gasteiger partial charge on any atom is -0.478 e. The molecule has 0 saturated carbocycles. The molecule has 0 unspecified atom stereocenters. The number of esters is 1. The van der Waals surface area contributed by atoms with E-state index in [1.165, 1.54) is 0 Å². The Hall–Kier alpha value is -4.38. The molecule has 0 bridgehead atoms. The molecule has 0 spiro atoms. The first kappa shape index (κ1) is 56.6. The number of aromatic nitrogens is 6. The lowest BCUT2D eigenvalue weighted by molar-refractivity contribution is -0.127. The lowest BCUT2D eigenvalue weighted by atomic mass is 10.1. The van der Waals surface area contributed by atoms with Gasteiger partial charge in [-0.2, -0.15) is 0 Å². The van der Waals surface area contributed by atoms with Gasteiger partial charge in [-0.3, -0.25) is 14.4 Å². The SMILES string of the molecule is CCCO.CCCOC(=O)c1cc2cccnc2nc1C.Cc1nc2ncccc2cc1C(=O)Cl.Cc1nc2ncccc2cc1C(=O)O.ClCCl.ClCCl.O=C(Cl)C(=O)Cl. The molecule has 0 amide bonds. The van der Waals surface area contributed by atoms with Gasteiger partial charge in [0.25, 0.3) is 5.24 Å². The van der Waals surface area contributed by atoms with Gasteiger partial charge in [-0.05, 0) is 123 Å². The topological polar surface area (TPSA) is 212 Å². The standard InChI is InChI=1S/C13H14N2O2.C10H7ClN2O.C10H8N2O2.C3H8O.C2Cl2O2.2CH2Cl2/c1-3-7-17-13(16)11-8-10-5-4-6-14-12(10)15-9(11)2;1-6-8(9(11)14)5-7-3-2-4-12-10(7)13-6;1-6-8(10(13)14)5-7-3-2-4-11-9(7)12-6;1-2-3-4;3-1(5)2(4)6;2*2-1-3/h4-6,8H,3,7H2,1-2H3;2-5H,1H3;2-5H,1H3,(H,13,14);4H,2-3H2,1H3;;2*1H2. The summed E-state index contributed by atoms with van der Waals surface area (Å²) >= 11 is 33.4. The van der Waals surface area contributed by atoms with E-state index in [1.807, 2.05) is 32.0 Å². The summed E-state index contributed by atoms with van der Waals surface area (Å²) in [5, 5.41) is 16.8. The molecule has 0 aliphatic carbocycles. The highest BCUT2D eigenvalue weighted by atomic mass is 35.5. The molecule has 0 aliphatic heterocycles. The van der Waals surface area contributed by atoms with Crippen LogP contribution in [0.25, 0.3) is 33.1 Å². The first-order valence-corrected chi connectivity index (χ1v) is 20.8. The van der Waals surface area contributed by atoms with Gasteiger partial charge in [0, 0.05) is 41.4 Å². The number of carbonyl (C=O) groups excluding carboxylic acids is 4. The van der Waals surface area contributed by atoms with Gasteiger partial charge in [-0.1, -0.05) is 13.8 Å². The van der Waals surface area contributed by atoms with Crippen LogP contribution >= 0.6 is 81.2 Å². The third kappa shape index (κ3) is 21.8. The van der Waals surface area contributed by atoms with Crippen molar-refractivity contribution >= 4 is 142 Å². The summed E-state index contributed by atoms with van der Waals surface area (Å²) < 4.78 is 5.11. The largest absolute Gasteiger partial charge is 0.478 e. The van der Waals surface area contributed by atoms with Crippen LogP contribution in [0.4, 0.5) is 0 Å². The third-order valence-electron chi connectivity index (χ3n) is 6.82. The molecule has 0 atom stereocenters. The van der Waals surface area contributed by atoms with E-state index in [0.717, 1.165) is 29.0 Å². The van der Waals surface area contributed by atoms with Gasteiger partial charge < -0.3 is 14.9 Å². The van der Waals surface area contributed by atoms with Crippen LogP contribution in [0.5, 0.6) is 0 Å². The average molecular weight is 982 g/mol. The number of fused-ring (bicyclic) bond motifs is 3. The number of carbonyl (C=O) groups is 5. The van der Waals surface area contributed by atoms with E-state index in [0.29, 0.717) is 58.4 Å². The molecule has 2 N–H and O–H groups in total. The number of aliphatic hydroxyl groups excluding tert-OH is 1. The van der Waals surface area contributed by atoms with Crippen LogP contribution in [0.3, 0.4) is 0 Å². The summed E-state index contributed by atoms with van der Waals surface area (Å²) in [6.07, 6.45) is 6.67. The summed E-state index contributed by atoms with van der Waals surface area (Å²) in [5.74, 6) is -1.27. The molecule has 0 fully saturated rings. The Labute approximate surface area is 386 Å². The predicted molar refractivity (Wildman–Crippen MR) is 243 cm³/mol. The van der Waals surface area contributed by atoms with Crippen LogP contribution in [-0.2, 0) is 14.3 Å². The second kappa shape index (κ2) is 32.3. The van der Waals surface area contributed by atoms with Crippen molar-refractivity contribution < 1.29 is 38.9 Å². The fourth-order valence-electron chi connectivity index (χ4n) is 4.18. The molecular formula is C40H41Cl7N6O8. The molecule has 0 aliphatic rings. The predicted octanol–water partition coefficient (Wildman–Crippen LogP) is 10.2. The lowest BCUT2D eigenvalue weighted by Gasteiger charge is -2.06. The van der Waals surface area contributed by atoms with Crippen molar-refractivity contribution in [3.63, 3.8) is 0 Å². The molecular weight excluding hydrogens is 941 g/mol. The second-order valence-electron chi connectivity index (χ2n) is 11.2. The quantitative estimate of drug-likeness (QED) is 0.0660. The van der Waals surface area contributed by atoms with E-state index < -0.39 is 21.7 Å². The number of halogens is 7. The Morgan fingerprint density at radius 2 is 0.918 bits per heavy atom. The monoisotopic (exact) mass is 978 g/mol. The second-order valence-corrected chi connectivity index (χ2v) is 13.8. The summed E-state index contributed by atoms with van der Waals surface area (Å²) in [6, 6.07) is 16.0. The Morgan fingerprint density at radius 3 is 1.23 bits per heavy atom. The number of carboxylic acids is 1. The Kier molecular flexibility index (Phi) is 30.0. The highest BCUT2D eigenvalue weighted by molar-refractivity contribution is 6.97. The molecule has 6 rings (SSSR count). The van der Waals surface area contributed by atoms with Crippen molar-refractivity contribution in [2.45, 2.75) is 47.5 Å². The van der Waals surface area contributed by atoms with Crippen molar-refractivity contribution in [3.8, 4) is 0 Å².